The van der Waals surface area contributed by atoms with Gasteiger partial charge in [-0.1, -0.05) is 30.3 Å². The number of hydrogen-bond acceptors (Lipinski definition) is 2. The van der Waals surface area contributed by atoms with Crippen molar-refractivity contribution in [3.63, 3.8) is 0 Å². The molecule has 0 aromatic heterocycles. The standard InChI is InChI=1S/C16H17NO/c1-11-6-12(8-17)2-5-16(11)13-3-4-14-9-18-10-15(14)7-13/h2-7H,8-10,17H2,1H3. The van der Waals surface area contributed by atoms with Gasteiger partial charge in [0.1, 0.15) is 0 Å². The van der Waals surface area contributed by atoms with Gasteiger partial charge in [-0.25, -0.2) is 0 Å². The van der Waals surface area contributed by atoms with Gasteiger partial charge in [-0.15, -0.1) is 0 Å². The van der Waals surface area contributed by atoms with Gasteiger partial charge in [0, 0.05) is 6.54 Å². The maximum atomic E-state index is 5.66. The first-order valence-electron chi connectivity index (χ1n) is 6.27. The van der Waals surface area contributed by atoms with Crippen LogP contribution in [-0.2, 0) is 24.5 Å². The number of fused-ring (bicyclic) bond motifs is 1. The van der Waals surface area contributed by atoms with Gasteiger partial charge in [0.05, 0.1) is 13.2 Å². The molecule has 1 aliphatic rings. The van der Waals surface area contributed by atoms with Gasteiger partial charge in [-0.2, -0.15) is 0 Å². The molecule has 2 nitrogen and oxygen atoms in total. The maximum absolute atomic E-state index is 5.66. The summed E-state index contributed by atoms with van der Waals surface area (Å²) in [6, 6.07) is 13.0. The fourth-order valence-corrected chi connectivity index (χ4v) is 2.52. The van der Waals surface area contributed by atoms with Crippen molar-refractivity contribution in [1.29, 1.82) is 0 Å². The van der Waals surface area contributed by atoms with E-state index in [1.54, 1.807) is 0 Å². The Morgan fingerprint density at radius 2 is 1.89 bits per heavy atom. The van der Waals surface area contributed by atoms with Crippen molar-refractivity contribution in [3.8, 4) is 11.1 Å². The molecule has 0 fully saturated rings. The normalized spacial score (nSPS) is 13.7. The summed E-state index contributed by atoms with van der Waals surface area (Å²) in [7, 11) is 0. The molecule has 92 valence electrons. The lowest BCUT2D eigenvalue weighted by atomic mass is 9.96. The minimum atomic E-state index is 0.596. The van der Waals surface area contributed by atoms with E-state index in [0.29, 0.717) is 6.54 Å². The minimum Gasteiger partial charge on any atom is -0.372 e. The van der Waals surface area contributed by atoms with Gasteiger partial charge in [0.15, 0.2) is 0 Å². The first-order chi connectivity index (χ1) is 8.78. The quantitative estimate of drug-likeness (QED) is 0.873. The molecule has 0 saturated carbocycles. The van der Waals surface area contributed by atoms with E-state index in [-0.39, 0.29) is 0 Å². The summed E-state index contributed by atoms with van der Waals surface area (Å²) < 4.78 is 5.46. The van der Waals surface area contributed by atoms with Crippen LogP contribution in [-0.4, -0.2) is 0 Å². The predicted octanol–water partition coefficient (Wildman–Crippen LogP) is 3.15. The molecule has 0 aliphatic carbocycles. The third-order valence-corrected chi connectivity index (χ3v) is 3.56. The summed E-state index contributed by atoms with van der Waals surface area (Å²) >= 11 is 0. The van der Waals surface area contributed by atoms with Crippen LogP contribution in [0.25, 0.3) is 11.1 Å². The van der Waals surface area contributed by atoms with Gasteiger partial charge in [0.25, 0.3) is 0 Å². The Balaban J connectivity index is 2.04. The van der Waals surface area contributed by atoms with Gasteiger partial charge in [-0.3, -0.25) is 0 Å². The lowest BCUT2D eigenvalue weighted by Crippen LogP contribution is -1.97. The van der Waals surface area contributed by atoms with Crippen LogP contribution < -0.4 is 5.73 Å². The van der Waals surface area contributed by atoms with Crippen molar-refractivity contribution in [1.82, 2.24) is 0 Å². The van der Waals surface area contributed by atoms with Crippen molar-refractivity contribution in [3.05, 3.63) is 58.7 Å². The second-order valence-electron chi connectivity index (χ2n) is 4.83. The zero-order chi connectivity index (χ0) is 12.5. The summed E-state index contributed by atoms with van der Waals surface area (Å²) in [5, 5.41) is 0. The van der Waals surface area contributed by atoms with Gasteiger partial charge >= 0.3 is 0 Å². The molecule has 2 aromatic rings. The molecule has 1 aliphatic heterocycles. The summed E-state index contributed by atoms with van der Waals surface area (Å²) in [4.78, 5) is 0. The Morgan fingerprint density at radius 3 is 2.67 bits per heavy atom. The van der Waals surface area contributed by atoms with Crippen LogP contribution in [0, 0.1) is 6.92 Å². The van der Waals surface area contributed by atoms with E-state index in [1.165, 1.54) is 33.4 Å². The smallest absolute Gasteiger partial charge is 0.0725 e. The van der Waals surface area contributed by atoms with E-state index in [2.05, 4.69) is 43.3 Å². The Labute approximate surface area is 107 Å². The second kappa shape index (κ2) is 4.56. The average Bonchev–Trinajstić information content (AvgIpc) is 2.85. The molecule has 2 N–H and O–H groups in total. The van der Waals surface area contributed by atoms with E-state index < -0.39 is 0 Å². The Kier molecular flexibility index (Phi) is 2.90. The zero-order valence-electron chi connectivity index (χ0n) is 10.6. The number of ether oxygens (including phenoxy) is 1. The first kappa shape index (κ1) is 11.5. The van der Waals surface area contributed by atoms with Crippen LogP contribution in [0.2, 0.25) is 0 Å². The third kappa shape index (κ3) is 1.94. The highest BCUT2D eigenvalue weighted by atomic mass is 16.5. The topological polar surface area (TPSA) is 35.2 Å². The lowest BCUT2D eigenvalue weighted by molar-refractivity contribution is 0.134. The van der Waals surface area contributed by atoms with Gasteiger partial charge in [0.2, 0.25) is 0 Å². The molecule has 2 aromatic carbocycles. The maximum Gasteiger partial charge on any atom is 0.0725 e. The van der Waals surface area contributed by atoms with Crippen molar-refractivity contribution >= 4 is 0 Å². The largest absolute Gasteiger partial charge is 0.372 e. The molecule has 1 heterocycles. The van der Waals surface area contributed by atoms with E-state index in [1.807, 2.05) is 0 Å². The number of benzene rings is 2. The van der Waals surface area contributed by atoms with Gasteiger partial charge < -0.3 is 10.5 Å². The number of aryl methyl sites for hydroxylation is 1. The van der Waals surface area contributed by atoms with Crippen molar-refractivity contribution in [2.45, 2.75) is 26.7 Å². The van der Waals surface area contributed by atoms with E-state index in [0.717, 1.165) is 13.2 Å². The first-order valence-corrected chi connectivity index (χ1v) is 6.27. The fraction of sp³-hybridized carbons (Fsp3) is 0.250. The van der Waals surface area contributed by atoms with Crippen LogP contribution in [0.3, 0.4) is 0 Å². The van der Waals surface area contributed by atoms with Crippen molar-refractivity contribution < 1.29 is 4.74 Å². The molecule has 0 saturated heterocycles. The molecule has 0 unspecified atom stereocenters. The average molecular weight is 239 g/mol. The van der Waals surface area contributed by atoms with Crippen LogP contribution in [0.4, 0.5) is 0 Å². The molecule has 0 amide bonds. The van der Waals surface area contributed by atoms with E-state index in [9.17, 15) is 0 Å². The molecular formula is C16H17NO. The number of nitrogens with two attached hydrogens (primary N) is 1. The van der Waals surface area contributed by atoms with E-state index >= 15 is 0 Å². The Morgan fingerprint density at radius 1 is 1.06 bits per heavy atom. The molecule has 0 spiro atoms. The summed E-state index contributed by atoms with van der Waals surface area (Å²) in [6.07, 6.45) is 0. The summed E-state index contributed by atoms with van der Waals surface area (Å²) in [5.41, 5.74) is 13.3. The van der Waals surface area contributed by atoms with Crippen LogP contribution in [0.5, 0.6) is 0 Å². The highest BCUT2D eigenvalue weighted by molar-refractivity contribution is 5.69. The molecule has 0 radical (unpaired) electrons. The van der Waals surface area contributed by atoms with Crippen LogP contribution in [0.1, 0.15) is 22.3 Å². The molecule has 18 heavy (non-hydrogen) atoms. The Bertz CT molecular complexity index is 590. The minimum absolute atomic E-state index is 0.596. The number of hydrogen-bond donors (Lipinski definition) is 1. The van der Waals surface area contributed by atoms with Crippen LogP contribution >= 0.6 is 0 Å². The SMILES string of the molecule is Cc1cc(CN)ccc1-c1ccc2c(c1)COC2. The molecular weight excluding hydrogens is 222 g/mol. The molecule has 0 atom stereocenters. The molecule has 3 rings (SSSR count). The molecule has 0 bridgehead atoms. The summed E-state index contributed by atoms with van der Waals surface area (Å²) in [6.45, 7) is 4.22. The lowest BCUT2D eigenvalue weighted by Gasteiger charge is -2.09. The summed E-state index contributed by atoms with van der Waals surface area (Å²) in [5.74, 6) is 0. The van der Waals surface area contributed by atoms with Crippen molar-refractivity contribution in [2.75, 3.05) is 0 Å². The fourth-order valence-electron chi connectivity index (χ4n) is 2.52. The monoisotopic (exact) mass is 239 g/mol. The van der Waals surface area contributed by atoms with Crippen molar-refractivity contribution in [2.24, 2.45) is 5.73 Å². The van der Waals surface area contributed by atoms with Crippen LogP contribution in [0.15, 0.2) is 36.4 Å². The zero-order valence-corrected chi connectivity index (χ0v) is 10.6. The Hall–Kier alpha value is -1.64. The second-order valence-corrected chi connectivity index (χ2v) is 4.83. The number of rotatable bonds is 2. The van der Waals surface area contributed by atoms with Gasteiger partial charge in [-0.05, 0) is 46.4 Å². The predicted molar refractivity (Wildman–Crippen MR) is 73.0 cm³/mol. The molecule has 2 heteroatoms. The third-order valence-electron chi connectivity index (χ3n) is 3.56. The highest BCUT2D eigenvalue weighted by Gasteiger charge is 2.12. The van der Waals surface area contributed by atoms with E-state index in [4.69, 9.17) is 10.5 Å². The highest BCUT2D eigenvalue weighted by Crippen LogP contribution is 2.29.